The molecule has 100 valence electrons. The maximum absolute atomic E-state index is 11.6. The highest BCUT2D eigenvalue weighted by Crippen LogP contribution is 2.07. The van der Waals surface area contributed by atoms with Gasteiger partial charge in [-0.25, -0.2) is 8.42 Å². The molecule has 18 heavy (non-hydrogen) atoms. The Morgan fingerprint density at radius 3 is 2.72 bits per heavy atom. The number of amides is 1. The molecule has 0 bridgehead atoms. The predicted octanol–water partition coefficient (Wildman–Crippen LogP) is 0.208. The van der Waals surface area contributed by atoms with Crippen molar-refractivity contribution in [3.8, 4) is 0 Å². The van der Waals surface area contributed by atoms with Gasteiger partial charge >= 0.3 is 0 Å². The van der Waals surface area contributed by atoms with E-state index in [4.69, 9.17) is 0 Å². The van der Waals surface area contributed by atoms with Crippen LogP contribution in [0.3, 0.4) is 0 Å². The Morgan fingerprint density at radius 2 is 2.11 bits per heavy atom. The maximum atomic E-state index is 11.6. The van der Waals surface area contributed by atoms with Crippen molar-refractivity contribution in [2.45, 2.75) is 0 Å². The lowest BCUT2D eigenvalue weighted by atomic mass is 10.4. The van der Waals surface area contributed by atoms with Gasteiger partial charge in [0.2, 0.25) is 0 Å². The first kappa shape index (κ1) is 13.5. The summed E-state index contributed by atoms with van der Waals surface area (Å²) >= 11 is 1.41. The van der Waals surface area contributed by atoms with Crippen LogP contribution in [0.25, 0.3) is 0 Å². The number of nitrogens with one attached hydrogen (secondary N) is 1. The average Bonchev–Trinajstić information content (AvgIpc) is 2.85. The van der Waals surface area contributed by atoms with Gasteiger partial charge in [-0.05, 0) is 11.4 Å². The number of thiophene rings is 1. The van der Waals surface area contributed by atoms with E-state index >= 15 is 0 Å². The van der Waals surface area contributed by atoms with Crippen molar-refractivity contribution in [2.24, 2.45) is 0 Å². The highest BCUT2D eigenvalue weighted by atomic mass is 32.2. The predicted molar refractivity (Wildman–Crippen MR) is 71.7 cm³/mol. The molecule has 0 aromatic carbocycles. The summed E-state index contributed by atoms with van der Waals surface area (Å²) in [6.07, 6.45) is 0. The summed E-state index contributed by atoms with van der Waals surface area (Å²) in [7, 11) is -2.82. The topological polar surface area (TPSA) is 66.5 Å². The van der Waals surface area contributed by atoms with Crippen LogP contribution in [-0.4, -0.2) is 56.9 Å². The summed E-state index contributed by atoms with van der Waals surface area (Å²) in [4.78, 5) is 14.4. The summed E-state index contributed by atoms with van der Waals surface area (Å²) in [5.41, 5.74) is 0. The molecule has 0 radical (unpaired) electrons. The summed E-state index contributed by atoms with van der Waals surface area (Å²) in [6.45, 7) is 2.39. The van der Waals surface area contributed by atoms with E-state index in [-0.39, 0.29) is 17.4 Å². The van der Waals surface area contributed by atoms with Gasteiger partial charge in [-0.2, -0.15) is 0 Å². The lowest BCUT2D eigenvalue weighted by Gasteiger charge is -2.26. The number of carbonyl (C=O) groups is 1. The Hall–Kier alpha value is -0.920. The van der Waals surface area contributed by atoms with Crippen molar-refractivity contribution in [1.82, 2.24) is 10.2 Å². The minimum atomic E-state index is -2.82. The fraction of sp³-hybridized carbons (Fsp3) is 0.545. The molecule has 1 aromatic heterocycles. The van der Waals surface area contributed by atoms with E-state index in [0.717, 1.165) is 0 Å². The van der Waals surface area contributed by atoms with E-state index in [9.17, 15) is 13.2 Å². The van der Waals surface area contributed by atoms with Crippen molar-refractivity contribution >= 4 is 27.1 Å². The third kappa shape index (κ3) is 3.79. The second-order valence-corrected chi connectivity index (χ2v) is 7.48. The average molecular weight is 288 g/mol. The number of sulfone groups is 1. The Balaban J connectivity index is 1.69. The molecule has 0 unspecified atom stereocenters. The van der Waals surface area contributed by atoms with Crippen LogP contribution in [0.1, 0.15) is 9.67 Å². The van der Waals surface area contributed by atoms with Crippen LogP contribution in [0.15, 0.2) is 17.5 Å². The minimum absolute atomic E-state index is 0.0605. The zero-order valence-electron chi connectivity index (χ0n) is 9.96. The molecule has 0 spiro atoms. The normalized spacial score (nSPS) is 19.6. The van der Waals surface area contributed by atoms with E-state index in [1.807, 2.05) is 11.4 Å². The monoisotopic (exact) mass is 288 g/mol. The molecule has 1 amide bonds. The minimum Gasteiger partial charge on any atom is -0.350 e. The second kappa shape index (κ2) is 5.81. The summed E-state index contributed by atoms with van der Waals surface area (Å²) < 4.78 is 22.5. The number of carbonyl (C=O) groups excluding carboxylic acids is 1. The molecule has 0 saturated carbocycles. The third-order valence-electron chi connectivity index (χ3n) is 2.90. The molecule has 0 aliphatic carbocycles. The molecule has 2 rings (SSSR count). The lowest BCUT2D eigenvalue weighted by Crippen LogP contribution is -2.43. The van der Waals surface area contributed by atoms with Crippen LogP contribution in [0.4, 0.5) is 0 Å². The number of hydrogen-bond acceptors (Lipinski definition) is 5. The van der Waals surface area contributed by atoms with Crippen LogP contribution in [-0.2, 0) is 9.84 Å². The van der Waals surface area contributed by atoms with Crippen LogP contribution in [0.5, 0.6) is 0 Å². The van der Waals surface area contributed by atoms with Gasteiger partial charge in [-0.1, -0.05) is 6.07 Å². The molecule has 7 heteroatoms. The molecule has 1 aliphatic rings. The van der Waals surface area contributed by atoms with Gasteiger partial charge in [0.05, 0.1) is 16.4 Å². The quantitative estimate of drug-likeness (QED) is 0.860. The van der Waals surface area contributed by atoms with Crippen LogP contribution < -0.4 is 5.32 Å². The van der Waals surface area contributed by atoms with Crippen molar-refractivity contribution in [1.29, 1.82) is 0 Å². The van der Waals surface area contributed by atoms with Crippen molar-refractivity contribution in [3.05, 3.63) is 22.4 Å². The first-order valence-corrected chi connectivity index (χ1v) is 8.51. The molecule has 1 saturated heterocycles. The summed E-state index contributed by atoms with van der Waals surface area (Å²) in [5.74, 6) is 0.396. The van der Waals surface area contributed by atoms with Gasteiger partial charge in [-0.3, -0.25) is 9.69 Å². The molecule has 1 fully saturated rings. The summed E-state index contributed by atoms with van der Waals surface area (Å²) in [5, 5.41) is 4.70. The zero-order valence-corrected chi connectivity index (χ0v) is 11.6. The van der Waals surface area contributed by atoms with E-state index in [1.165, 1.54) is 11.3 Å². The van der Waals surface area contributed by atoms with Crippen molar-refractivity contribution in [2.75, 3.05) is 37.7 Å². The van der Waals surface area contributed by atoms with Gasteiger partial charge in [0, 0.05) is 26.2 Å². The van der Waals surface area contributed by atoms with E-state index in [0.29, 0.717) is 31.1 Å². The van der Waals surface area contributed by atoms with E-state index < -0.39 is 9.84 Å². The van der Waals surface area contributed by atoms with Gasteiger partial charge in [0.25, 0.3) is 5.91 Å². The third-order valence-corrected chi connectivity index (χ3v) is 5.37. The number of nitrogens with zero attached hydrogens (tertiary/aromatic N) is 1. The Morgan fingerprint density at radius 1 is 1.39 bits per heavy atom. The van der Waals surface area contributed by atoms with Crippen LogP contribution >= 0.6 is 11.3 Å². The van der Waals surface area contributed by atoms with Crippen LogP contribution in [0.2, 0.25) is 0 Å². The number of rotatable bonds is 4. The highest BCUT2D eigenvalue weighted by Gasteiger charge is 2.21. The highest BCUT2D eigenvalue weighted by molar-refractivity contribution is 7.91. The van der Waals surface area contributed by atoms with E-state index in [1.54, 1.807) is 6.07 Å². The van der Waals surface area contributed by atoms with Crippen LogP contribution in [0, 0.1) is 0 Å². The van der Waals surface area contributed by atoms with Gasteiger partial charge < -0.3 is 5.32 Å². The first-order valence-electron chi connectivity index (χ1n) is 5.81. The van der Waals surface area contributed by atoms with Crippen molar-refractivity contribution in [3.63, 3.8) is 0 Å². The lowest BCUT2D eigenvalue weighted by molar-refractivity contribution is 0.0953. The van der Waals surface area contributed by atoms with Crippen molar-refractivity contribution < 1.29 is 13.2 Å². The maximum Gasteiger partial charge on any atom is 0.261 e. The first-order chi connectivity index (χ1) is 8.57. The molecule has 1 aromatic rings. The van der Waals surface area contributed by atoms with Gasteiger partial charge in [0.15, 0.2) is 9.84 Å². The fourth-order valence-electron chi connectivity index (χ4n) is 1.80. The summed E-state index contributed by atoms with van der Waals surface area (Å²) in [6, 6.07) is 3.63. The zero-order chi connectivity index (χ0) is 13.0. The fourth-order valence-corrected chi connectivity index (χ4v) is 3.71. The SMILES string of the molecule is O=C(NCCN1CCS(=O)(=O)CC1)c1cccs1. The molecule has 2 heterocycles. The molecule has 0 atom stereocenters. The molecule has 1 N–H and O–H groups in total. The smallest absolute Gasteiger partial charge is 0.261 e. The Bertz CT molecular complexity index is 482. The van der Waals surface area contributed by atoms with Gasteiger partial charge in [0.1, 0.15) is 0 Å². The number of hydrogen-bond donors (Lipinski definition) is 1. The molecule has 1 aliphatic heterocycles. The second-order valence-electron chi connectivity index (χ2n) is 4.23. The Labute approximate surface area is 111 Å². The Kier molecular flexibility index (Phi) is 4.36. The molecular weight excluding hydrogens is 272 g/mol. The van der Waals surface area contributed by atoms with E-state index in [2.05, 4.69) is 10.2 Å². The molecular formula is C11H16N2O3S2. The molecule has 5 nitrogen and oxygen atoms in total. The largest absolute Gasteiger partial charge is 0.350 e. The van der Waals surface area contributed by atoms with Gasteiger partial charge in [-0.15, -0.1) is 11.3 Å². The standard InChI is InChI=1S/C11H16N2O3S2/c14-11(10-2-1-7-17-10)12-3-4-13-5-8-18(15,16)9-6-13/h1-2,7H,3-6,8-9H2,(H,12,14).